The van der Waals surface area contributed by atoms with Crippen molar-refractivity contribution in [3.63, 3.8) is 0 Å². The SMILES string of the molecule is Cc1nc2cc(OC[C@H](O)CN3CCN(Cc4noc(-c5cccc(Cl)c5)n4)CC3)ccc2s1. The number of benzene rings is 2. The van der Waals surface area contributed by atoms with Gasteiger partial charge in [0.15, 0.2) is 5.82 Å². The van der Waals surface area contributed by atoms with Gasteiger partial charge in [-0.25, -0.2) is 4.98 Å². The molecule has 0 unspecified atom stereocenters. The summed E-state index contributed by atoms with van der Waals surface area (Å²) >= 11 is 7.71. The van der Waals surface area contributed by atoms with Crippen molar-refractivity contribution in [1.29, 1.82) is 0 Å². The molecule has 34 heavy (non-hydrogen) atoms. The average Bonchev–Trinajstić information content (AvgIpc) is 3.44. The van der Waals surface area contributed by atoms with Crippen LogP contribution in [0.4, 0.5) is 0 Å². The van der Waals surface area contributed by atoms with Crippen LogP contribution in [0, 0.1) is 6.92 Å². The van der Waals surface area contributed by atoms with Gasteiger partial charge in [-0.2, -0.15) is 4.98 Å². The van der Waals surface area contributed by atoms with E-state index in [1.165, 1.54) is 0 Å². The van der Waals surface area contributed by atoms with E-state index >= 15 is 0 Å². The summed E-state index contributed by atoms with van der Waals surface area (Å²) in [5.74, 6) is 1.87. The van der Waals surface area contributed by atoms with Gasteiger partial charge in [0.05, 0.1) is 21.8 Å². The van der Waals surface area contributed by atoms with Crippen LogP contribution in [0.5, 0.6) is 5.75 Å². The number of thiazole rings is 1. The molecule has 0 spiro atoms. The van der Waals surface area contributed by atoms with E-state index in [-0.39, 0.29) is 6.61 Å². The predicted octanol–water partition coefficient (Wildman–Crippen LogP) is 3.87. The highest BCUT2D eigenvalue weighted by atomic mass is 35.5. The first-order valence-electron chi connectivity index (χ1n) is 11.2. The lowest BCUT2D eigenvalue weighted by molar-refractivity contribution is 0.0440. The molecule has 10 heteroatoms. The van der Waals surface area contributed by atoms with E-state index in [2.05, 4.69) is 24.9 Å². The van der Waals surface area contributed by atoms with Crippen molar-refractivity contribution in [2.75, 3.05) is 39.3 Å². The normalized spacial score (nSPS) is 16.2. The van der Waals surface area contributed by atoms with Crippen molar-refractivity contribution in [3.8, 4) is 17.2 Å². The second-order valence-corrected chi connectivity index (χ2v) is 10.1. The van der Waals surface area contributed by atoms with Crippen LogP contribution in [0.15, 0.2) is 47.0 Å². The molecule has 1 atom stereocenters. The second kappa shape index (κ2) is 10.4. The maximum Gasteiger partial charge on any atom is 0.258 e. The zero-order chi connectivity index (χ0) is 23.5. The fourth-order valence-corrected chi connectivity index (χ4v) is 5.04. The third-order valence-corrected chi connectivity index (χ3v) is 6.93. The number of aliphatic hydroxyl groups is 1. The summed E-state index contributed by atoms with van der Waals surface area (Å²) < 4.78 is 12.4. The number of hydrogen-bond donors (Lipinski definition) is 1. The van der Waals surface area contributed by atoms with Crippen molar-refractivity contribution in [1.82, 2.24) is 24.9 Å². The van der Waals surface area contributed by atoms with Gasteiger partial charge in [-0.05, 0) is 37.3 Å². The number of piperazine rings is 1. The summed E-state index contributed by atoms with van der Waals surface area (Å²) in [5, 5.41) is 16.3. The van der Waals surface area contributed by atoms with E-state index in [4.69, 9.17) is 20.9 Å². The molecule has 0 saturated carbocycles. The Bertz CT molecular complexity index is 1250. The van der Waals surface area contributed by atoms with E-state index in [0.29, 0.717) is 29.8 Å². The van der Waals surface area contributed by atoms with Crippen molar-refractivity contribution in [3.05, 3.63) is 58.3 Å². The van der Waals surface area contributed by atoms with Crippen LogP contribution in [-0.2, 0) is 6.54 Å². The van der Waals surface area contributed by atoms with Crippen LogP contribution in [-0.4, -0.2) is 75.5 Å². The zero-order valence-corrected chi connectivity index (χ0v) is 20.4. The number of nitrogens with zero attached hydrogens (tertiary/aromatic N) is 5. The van der Waals surface area contributed by atoms with Gasteiger partial charge in [-0.3, -0.25) is 9.80 Å². The summed E-state index contributed by atoms with van der Waals surface area (Å²) in [5.41, 5.74) is 1.75. The van der Waals surface area contributed by atoms with Crippen LogP contribution in [0.1, 0.15) is 10.8 Å². The molecule has 4 aromatic rings. The Morgan fingerprint density at radius 3 is 2.76 bits per heavy atom. The maximum absolute atomic E-state index is 10.5. The third-order valence-electron chi connectivity index (χ3n) is 5.75. The molecule has 1 saturated heterocycles. The van der Waals surface area contributed by atoms with Crippen LogP contribution in [0.25, 0.3) is 21.7 Å². The molecule has 8 nitrogen and oxygen atoms in total. The minimum absolute atomic E-state index is 0.254. The highest BCUT2D eigenvalue weighted by Crippen LogP contribution is 2.26. The largest absolute Gasteiger partial charge is 0.491 e. The number of aliphatic hydroxyl groups excluding tert-OH is 1. The minimum Gasteiger partial charge on any atom is -0.491 e. The summed E-state index contributed by atoms with van der Waals surface area (Å²) in [6.45, 7) is 6.91. The highest BCUT2D eigenvalue weighted by molar-refractivity contribution is 7.18. The van der Waals surface area contributed by atoms with Crippen molar-refractivity contribution in [2.24, 2.45) is 0 Å². The van der Waals surface area contributed by atoms with Gasteiger partial charge in [0.1, 0.15) is 18.5 Å². The fourth-order valence-electron chi connectivity index (χ4n) is 4.04. The maximum atomic E-state index is 10.5. The Labute approximate surface area is 206 Å². The van der Waals surface area contributed by atoms with Gasteiger partial charge >= 0.3 is 0 Å². The Hall–Kier alpha value is -2.56. The van der Waals surface area contributed by atoms with Gasteiger partial charge in [0.25, 0.3) is 5.89 Å². The van der Waals surface area contributed by atoms with Crippen molar-refractivity contribution < 1.29 is 14.4 Å². The van der Waals surface area contributed by atoms with Crippen LogP contribution >= 0.6 is 22.9 Å². The molecule has 1 aliphatic heterocycles. The molecule has 2 aromatic carbocycles. The molecule has 0 radical (unpaired) electrons. The van der Waals surface area contributed by atoms with E-state index < -0.39 is 6.10 Å². The van der Waals surface area contributed by atoms with E-state index in [1.54, 1.807) is 11.3 Å². The number of hydrogen-bond acceptors (Lipinski definition) is 9. The number of rotatable bonds is 8. The molecular weight excluding hydrogens is 474 g/mol. The van der Waals surface area contributed by atoms with Gasteiger partial charge in [0.2, 0.25) is 0 Å². The highest BCUT2D eigenvalue weighted by Gasteiger charge is 2.21. The third kappa shape index (κ3) is 5.73. The number of fused-ring (bicyclic) bond motifs is 1. The molecule has 0 amide bonds. The first-order valence-corrected chi connectivity index (χ1v) is 12.4. The van der Waals surface area contributed by atoms with Crippen LogP contribution in [0.3, 0.4) is 0 Å². The lowest BCUT2D eigenvalue weighted by atomic mass is 10.2. The fraction of sp³-hybridized carbons (Fsp3) is 0.375. The molecule has 2 aromatic heterocycles. The van der Waals surface area contributed by atoms with E-state index in [9.17, 15) is 5.11 Å². The number of aryl methyl sites for hydroxylation is 1. The predicted molar refractivity (Wildman–Crippen MR) is 132 cm³/mol. The quantitative estimate of drug-likeness (QED) is 0.391. The van der Waals surface area contributed by atoms with Crippen LogP contribution < -0.4 is 4.74 Å². The molecule has 1 N–H and O–H groups in total. The molecule has 1 aliphatic rings. The molecule has 5 rings (SSSR count). The molecule has 3 heterocycles. The van der Waals surface area contributed by atoms with Gasteiger partial charge in [-0.15, -0.1) is 11.3 Å². The summed E-state index contributed by atoms with van der Waals surface area (Å²) in [4.78, 5) is 13.5. The molecular formula is C24H26ClN5O3S. The Morgan fingerprint density at radius 1 is 1.12 bits per heavy atom. The van der Waals surface area contributed by atoms with Gasteiger partial charge in [0, 0.05) is 49.4 Å². The van der Waals surface area contributed by atoms with Gasteiger partial charge in [-0.1, -0.05) is 22.8 Å². The minimum atomic E-state index is -0.558. The molecule has 178 valence electrons. The monoisotopic (exact) mass is 499 g/mol. The van der Waals surface area contributed by atoms with Crippen molar-refractivity contribution >= 4 is 33.2 Å². The standard InChI is InChI=1S/C24H26ClN5O3S/c1-16-26-21-12-20(5-6-22(21)34-16)32-15-19(31)13-29-7-9-30(10-8-29)14-23-27-24(33-28-23)17-3-2-4-18(25)11-17/h2-6,11-12,19,31H,7-10,13-15H2,1H3/t19-/m1/s1. The Kier molecular flexibility index (Phi) is 7.07. The average molecular weight is 500 g/mol. The number of β-amino-alcohol motifs (C(OH)–C–C–N with tert-alkyl or cyclic N) is 1. The number of aromatic nitrogens is 3. The lowest BCUT2D eigenvalue weighted by Gasteiger charge is -2.34. The number of halogens is 1. The summed E-state index contributed by atoms with van der Waals surface area (Å²) in [6.07, 6.45) is -0.558. The molecule has 0 bridgehead atoms. The molecule has 1 fully saturated rings. The number of ether oxygens (including phenoxy) is 1. The first-order chi connectivity index (χ1) is 16.5. The smallest absolute Gasteiger partial charge is 0.258 e. The Balaban J connectivity index is 1.06. The van der Waals surface area contributed by atoms with Gasteiger partial charge < -0.3 is 14.4 Å². The van der Waals surface area contributed by atoms with E-state index in [1.807, 2.05) is 49.4 Å². The van der Waals surface area contributed by atoms with E-state index in [0.717, 1.165) is 52.7 Å². The molecule has 0 aliphatic carbocycles. The lowest BCUT2D eigenvalue weighted by Crippen LogP contribution is -2.48. The summed E-state index contributed by atoms with van der Waals surface area (Å²) in [7, 11) is 0. The second-order valence-electron chi connectivity index (χ2n) is 8.43. The zero-order valence-electron chi connectivity index (χ0n) is 18.9. The topological polar surface area (TPSA) is 87.8 Å². The first kappa shape index (κ1) is 23.2. The van der Waals surface area contributed by atoms with Crippen LogP contribution in [0.2, 0.25) is 5.02 Å². The Morgan fingerprint density at radius 2 is 1.94 bits per heavy atom. The summed E-state index contributed by atoms with van der Waals surface area (Å²) in [6, 6.07) is 13.3. The van der Waals surface area contributed by atoms with Crippen molar-refractivity contribution in [2.45, 2.75) is 19.6 Å².